The fraction of sp³-hybridized carbons (Fsp3) is 0.333. The number of aromatic nitrogens is 1. The van der Waals surface area contributed by atoms with Crippen LogP contribution in [0.25, 0.3) is 0 Å². The Labute approximate surface area is 247 Å². The van der Waals surface area contributed by atoms with E-state index in [2.05, 4.69) is 36.4 Å². The number of anilines is 2. The average molecular weight is 567 g/mol. The summed E-state index contributed by atoms with van der Waals surface area (Å²) >= 11 is 0. The van der Waals surface area contributed by atoms with E-state index in [1.807, 2.05) is 73.6 Å². The van der Waals surface area contributed by atoms with Crippen molar-refractivity contribution >= 4 is 29.0 Å². The van der Waals surface area contributed by atoms with Crippen LogP contribution in [0.5, 0.6) is 0 Å². The molecule has 9 heteroatoms. The third kappa shape index (κ3) is 6.69. The van der Waals surface area contributed by atoms with Crippen LogP contribution in [0, 0.1) is 6.92 Å². The lowest BCUT2D eigenvalue weighted by molar-refractivity contribution is 0.0302. The molecular weight excluding hydrogens is 528 g/mol. The summed E-state index contributed by atoms with van der Waals surface area (Å²) in [6.45, 7) is 11.3. The van der Waals surface area contributed by atoms with Gasteiger partial charge in [0.2, 0.25) is 0 Å². The number of hydrogen-bond donors (Lipinski definition) is 2. The van der Waals surface area contributed by atoms with Crippen molar-refractivity contribution in [3.05, 3.63) is 100 Å². The lowest BCUT2D eigenvalue weighted by Crippen LogP contribution is -2.40. The van der Waals surface area contributed by atoms with E-state index in [1.165, 1.54) is 5.56 Å². The standard InChI is InChI=1S/C33H38N6O3/c1-22-27(7-6-8-28(22)36-31(40)23-9-12-25(13-10-23)33(2,3)4)29-19-26(21-38(5)37-29)35-30-14-11-24(20-34-30)32(41)39-15-17-42-18-16-39/h6-14,19-20H,15-18,21H2,1-5H3,(H,34,35)(H,36,40). The molecule has 1 fully saturated rings. The quantitative estimate of drug-likeness (QED) is 0.433. The summed E-state index contributed by atoms with van der Waals surface area (Å²) in [7, 11) is 1.91. The lowest BCUT2D eigenvalue weighted by Gasteiger charge is -2.27. The van der Waals surface area contributed by atoms with Crippen LogP contribution in [-0.4, -0.2) is 72.3 Å². The highest BCUT2D eigenvalue weighted by molar-refractivity contribution is 6.12. The first-order valence-corrected chi connectivity index (χ1v) is 14.2. The molecule has 0 bridgehead atoms. The van der Waals surface area contributed by atoms with Crippen molar-refractivity contribution in [2.24, 2.45) is 5.10 Å². The van der Waals surface area contributed by atoms with Crippen molar-refractivity contribution < 1.29 is 14.3 Å². The maximum Gasteiger partial charge on any atom is 0.255 e. The number of benzene rings is 2. The molecule has 0 unspecified atom stereocenters. The molecule has 2 N–H and O–H groups in total. The molecule has 2 aliphatic heterocycles. The summed E-state index contributed by atoms with van der Waals surface area (Å²) in [5, 5.41) is 13.0. The highest BCUT2D eigenvalue weighted by Crippen LogP contribution is 2.25. The molecular formula is C33H38N6O3. The number of rotatable bonds is 6. The molecule has 3 heterocycles. The van der Waals surface area contributed by atoms with E-state index in [9.17, 15) is 9.59 Å². The van der Waals surface area contributed by atoms with Gasteiger partial charge in [0, 0.05) is 48.8 Å². The topological polar surface area (TPSA) is 99.2 Å². The molecule has 218 valence electrons. The number of carbonyl (C=O) groups excluding carboxylic acids is 2. The molecule has 2 aromatic carbocycles. The molecule has 0 saturated carbocycles. The van der Waals surface area contributed by atoms with E-state index in [-0.39, 0.29) is 17.2 Å². The van der Waals surface area contributed by atoms with Gasteiger partial charge < -0.3 is 20.3 Å². The third-order valence-corrected chi connectivity index (χ3v) is 7.46. The number of morpholine rings is 1. The summed E-state index contributed by atoms with van der Waals surface area (Å²) in [5.74, 6) is 0.454. The van der Waals surface area contributed by atoms with Gasteiger partial charge in [-0.05, 0) is 59.9 Å². The number of nitrogens with one attached hydrogen (secondary N) is 2. The van der Waals surface area contributed by atoms with Gasteiger partial charge in [0.25, 0.3) is 11.8 Å². The zero-order chi connectivity index (χ0) is 29.9. The molecule has 1 saturated heterocycles. The Bertz CT molecular complexity index is 1510. The van der Waals surface area contributed by atoms with Crippen LogP contribution >= 0.6 is 0 Å². The third-order valence-electron chi connectivity index (χ3n) is 7.46. The van der Waals surface area contributed by atoms with Crippen molar-refractivity contribution in [3.8, 4) is 0 Å². The summed E-state index contributed by atoms with van der Waals surface area (Å²) in [6.07, 6.45) is 3.60. The minimum Gasteiger partial charge on any atom is -0.378 e. The van der Waals surface area contributed by atoms with Gasteiger partial charge in [0.15, 0.2) is 0 Å². The van der Waals surface area contributed by atoms with Gasteiger partial charge >= 0.3 is 0 Å². The number of hydrazone groups is 1. The number of pyridine rings is 1. The van der Waals surface area contributed by atoms with E-state index in [4.69, 9.17) is 9.84 Å². The summed E-state index contributed by atoms with van der Waals surface area (Å²) in [4.78, 5) is 32.1. The van der Waals surface area contributed by atoms with Crippen molar-refractivity contribution in [1.29, 1.82) is 0 Å². The summed E-state index contributed by atoms with van der Waals surface area (Å²) < 4.78 is 5.34. The van der Waals surface area contributed by atoms with E-state index >= 15 is 0 Å². The van der Waals surface area contributed by atoms with Crippen LogP contribution in [0.1, 0.15) is 58.2 Å². The predicted octanol–water partition coefficient (Wildman–Crippen LogP) is 5.06. The second-order valence-electron chi connectivity index (χ2n) is 11.7. The minimum atomic E-state index is -0.155. The zero-order valence-electron chi connectivity index (χ0n) is 24.9. The van der Waals surface area contributed by atoms with Crippen molar-refractivity contribution in [1.82, 2.24) is 14.9 Å². The second-order valence-corrected chi connectivity index (χ2v) is 11.7. The van der Waals surface area contributed by atoms with E-state index < -0.39 is 0 Å². The number of allylic oxidation sites excluding steroid dienone is 1. The highest BCUT2D eigenvalue weighted by Gasteiger charge is 2.20. The lowest BCUT2D eigenvalue weighted by atomic mass is 9.86. The predicted molar refractivity (Wildman–Crippen MR) is 166 cm³/mol. The average Bonchev–Trinajstić information content (AvgIpc) is 2.98. The number of amides is 2. The molecule has 9 nitrogen and oxygen atoms in total. The normalized spacial score (nSPS) is 15.5. The van der Waals surface area contributed by atoms with E-state index in [0.717, 1.165) is 28.2 Å². The smallest absolute Gasteiger partial charge is 0.255 e. The Morgan fingerprint density at radius 3 is 2.33 bits per heavy atom. The number of ether oxygens (including phenoxy) is 1. The summed E-state index contributed by atoms with van der Waals surface area (Å²) in [5.41, 5.74) is 6.63. The maximum absolute atomic E-state index is 13.1. The van der Waals surface area contributed by atoms with E-state index in [1.54, 1.807) is 17.2 Å². The van der Waals surface area contributed by atoms with Gasteiger partial charge in [-0.3, -0.25) is 14.6 Å². The van der Waals surface area contributed by atoms with Crippen LogP contribution in [-0.2, 0) is 10.2 Å². The minimum absolute atomic E-state index is 0.0244. The largest absolute Gasteiger partial charge is 0.378 e. The molecule has 5 rings (SSSR count). The van der Waals surface area contributed by atoms with Crippen LogP contribution in [0.3, 0.4) is 0 Å². The number of carbonyl (C=O) groups is 2. The Morgan fingerprint density at radius 1 is 0.952 bits per heavy atom. The van der Waals surface area contributed by atoms with Gasteiger partial charge in [-0.15, -0.1) is 0 Å². The second kappa shape index (κ2) is 12.2. The Kier molecular flexibility index (Phi) is 8.40. The zero-order valence-corrected chi connectivity index (χ0v) is 24.9. The number of nitrogens with zero attached hydrogens (tertiary/aromatic N) is 4. The number of hydrogen-bond acceptors (Lipinski definition) is 7. The van der Waals surface area contributed by atoms with Crippen LogP contribution in [0.15, 0.2) is 77.7 Å². The molecule has 42 heavy (non-hydrogen) atoms. The SMILES string of the molecule is Cc1c(NC(=O)c2ccc(C(C)(C)C)cc2)cccc1C1=NN(C)CC(Nc2ccc(C(=O)N3CCOCC3)cn2)=C1. The maximum atomic E-state index is 13.1. The molecule has 2 amide bonds. The summed E-state index contributed by atoms with van der Waals surface area (Å²) in [6, 6.07) is 17.2. The highest BCUT2D eigenvalue weighted by atomic mass is 16.5. The van der Waals surface area contributed by atoms with Gasteiger partial charge in [-0.25, -0.2) is 4.98 Å². The first-order chi connectivity index (χ1) is 20.1. The fourth-order valence-electron chi connectivity index (χ4n) is 4.99. The van der Waals surface area contributed by atoms with Crippen molar-refractivity contribution in [3.63, 3.8) is 0 Å². The van der Waals surface area contributed by atoms with Crippen molar-refractivity contribution in [2.45, 2.75) is 33.1 Å². The first kappa shape index (κ1) is 29.0. The van der Waals surface area contributed by atoms with Gasteiger partial charge in [-0.2, -0.15) is 5.10 Å². The molecule has 2 aliphatic rings. The fourth-order valence-corrected chi connectivity index (χ4v) is 4.99. The monoisotopic (exact) mass is 566 g/mol. The molecule has 0 atom stereocenters. The number of likely N-dealkylation sites (N-methyl/N-ethyl adjacent to an activating group) is 1. The molecule has 0 aliphatic carbocycles. The van der Waals surface area contributed by atoms with Gasteiger partial charge in [0.1, 0.15) is 5.82 Å². The Balaban J connectivity index is 1.29. The van der Waals surface area contributed by atoms with Crippen LogP contribution < -0.4 is 10.6 Å². The molecule has 1 aromatic heterocycles. The Hall–Kier alpha value is -4.50. The van der Waals surface area contributed by atoms with Gasteiger partial charge in [-0.1, -0.05) is 45.0 Å². The van der Waals surface area contributed by atoms with Gasteiger partial charge in [0.05, 0.1) is 31.0 Å². The van der Waals surface area contributed by atoms with E-state index in [0.29, 0.717) is 49.8 Å². The Morgan fingerprint density at radius 2 is 1.67 bits per heavy atom. The van der Waals surface area contributed by atoms with Crippen LogP contribution in [0.4, 0.5) is 11.5 Å². The van der Waals surface area contributed by atoms with Crippen LogP contribution in [0.2, 0.25) is 0 Å². The molecule has 0 radical (unpaired) electrons. The first-order valence-electron chi connectivity index (χ1n) is 14.2. The molecule has 3 aromatic rings. The molecule has 0 spiro atoms. The van der Waals surface area contributed by atoms with Crippen molar-refractivity contribution in [2.75, 3.05) is 50.5 Å².